The highest BCUT2D eigenvalue weighted by Gasteiger charge is 2.45. The highest BCUT2D eigenvalue weighted by Crippen LogP contribution is 2.46. The summed E-state index contributed by atoms with van der Waals surface area (Å²) >= 11 is 0. The third-order valence-corrected chi connectivity index (χ3v) is 5.88. The molecule has 184 valence electrons. The van der Waals surface area contributed by atoms with Gasteiger partial charge >= 0.3 is 12.1 Å². The van der Waals surface area contributed by atoms with Gasteiger partial charge in [-0.15, -0.1) is 10.2 Å². The molecule has 4 aromatic rings. The Hall–Kier alpha value is -4.28. The lowest BCUT2D eigenvalue weighted by atomic mass is 9.96. The molecule has 0 amide bonds. The van der Waals surface area contributed by atoms with E-state index < -0.39 is 23.6 Å². The van der Waals surface area contributed by atoms with Crippen molar-refractivity contribution in [1.29, 1.82) is 0 Å². The molecule has 0 aliphatic heterocycles. The highest BCUT2D eigenvalue weighted by atomic mass is 19.4. The van der Waals surface area contributed by atoms with Gasteiger partial charge in [-0.25, -0.2) is 4.98 Å². The number of carboxylic acids is 1. The molecule has 0 radical (unpaired) electrons. The molecule has 2 heterocycles. The molecule has 1 aliphatic carbocycles. The first kappa shape index (κ1) is 23.5. The van der Waals surface area contributed by atoms with Crippen molar-refractivity contribution in [2.24, 2.45) is 5.92 Å². The molecular formula is C25H19F3N4O4. The zero-order valence-electron chi connectivity index (χ0n) is 18.9. The number of aryl methyl sites for hydroxylation is 1. The predicted octanol–water partition coefficient (Wildman–Crippen LogP) is 5.29. The first-order valence-electron chi connectivity index (χ1n) is 11.0. The van der Waals surface area contributed by atoms with Crippen LogP contribution in [0.3, 0.4) is 0 Å². The molecule has 2 aromatic carbocycles. The summed E-state index contributed by atoms with van der Waals surface area (Å²) in [7, 11) is 0. The van der Waals surface area contributed by atoms with Crippen LogP contribution in [0, 0.1) is 12.8 Å². The number of aromatic nitrogens is 4. The van der Waals surface area contributed by atoms with Gasteiger partial charge in [0.1, 0.15) is 6.61 Å². The van der Waals surface area contributed by atoms with Crippen LogP contribution < -0.4 is 4.74 Å². The molecule has 2 atom stereocenters. The summed E-state index contributed by atoms with van der Waals surface area (Å²) in [6.45, 7) is 1.62. The second-order valence-corrected chi connectivity index (χ2v) is 8.44. The summed E-state index contributed by atoms with van der Waals surface area (Å²) in [5.74, 6) is -0.605. The van der Waals surface area contributed by atoms with Crippen LogP contribution in [0.5, 0.6) is 5.88 Å². The number of alkyl halides is 3. The number of rotatable bonds is 7. The predicted molar refractivity (Wildman–Crippen MR) is 120 cm³/mol. The summed E-state index contributed by atoms with van der Waals surface area (Å²) in [5.41, 5.74) is 1.28. The SMILES string of the molecule is Cc1nnc(-c2ccc(-c3cc(COc4cnc([C@H]5C[C@@H]5C(=O)O)cn4)ccc3C(F)(F)F)cc2)o1. The fraction of sp³-hybridized carbons (Fsp3) is 0.240. The van der Waals surface area contributed by atoms with Crippen molar-refractivity contribution in [2.45, 2.75) is 32.0 Å². The molecule has 1 saturated carbocycles. The molecule has 1 N–H and O–H groups in total. The third-order valence-electron chi connectivity index (χ3n) is 5.88. The molecule has 5 rings (SSSR count). The molecule has 0 saturated heterocycles. The Morgan fingerprint density at radius 3 is 2.42 bits per heavy atom. The maximum atomic E-state index is 13.7. The van der Waals surface area contributed by atoms with Gasteiger partial charge in [0.15, 0.2) is 0 Å². The number of hydrogen-bond donors (Lipinski definition) is 1. The first-order valence-corrected chi connectivity index (χ1v) is 11.0. The summed E-state index contributed by atoms with van der Waals surface area (Å²) in [6, 6.07) is 10.2. The minimum absolute atomic E-state index is 0.00624. The van der Waals surface area contributed by atoms with Crippen LogP contribution in [0.4, 0.5) is 13.2 Å². The van der Waals surface area contributed by atoms with E-state index in [1.54, 1.807) is 31.2 Å². The van der Waals surface area contributed by atoms with E-state index in [4.69, 9.17) is 14.3 Å². The van der Waals surface area contributed by atoms with Crippen LogP contribution in [-0.4, -0.2) is 31.2 Å². The van der Waals surface area contributed by atoms with Crippen molar-refractivity contribution in [3.05, 3.63) is 77.6 Å². The molecule has 36 heavy (non-hydrogen) atoms. The van der Waals surface area contributed by atoms with Crippen LogP contribution in [0.2, 0.25) is 0 Å². The molecule has 0 spiro atoms. The van der Waals surface area contributed by atoms with Gasteiger partial charge in [-0.1, -0.05) is 18.2 Å². The van der Waals surface area contributed by atoms with Crippen molar-refractivity contribution in [1.82, 2.24) is 20.2 Å². The van der Waals surface area contributed by atoms with Gasteiger partial charge in [0.25, 0.3) is 0 Å². The Balaban J connectivity index is 1.34. The minimum Gasteiger partial charge on any atom is -0.481 e. The summed E-state index contributed by atoms with van der Waals surface area (Å²) in [5, 5.41) is 16.7. The Labute approximate surface area is 202 Å². The Bertz CT molecular complexity index is 1400. The molecular weight excluding hydrogens is 477 g/mol. The monoisotopic (exact) mass is 496 g/mol. The minimum atomic E-state index is -4.55. The van der Waals surface area contributed by atoms with Gasteiger partial charge in [-0.2, -0.15) is 13.2 Å². The number of nitrogens with zero attached hydrogens (tertiary/aromatic N) is 4. The zero-order chi connectivity index (χ0) is 25.4. The zero-order valence-corrected chi connectivity index (χ0v) is 18.9. The number of benzene rings is 2. The van der Waals surface area contributed by atoms with Crippen LogP contribution in [0.1, 0.15) is 35.1 Å². The van der Waals surface area contributed by atoms with E-state index in [-0.39, 0.29) is 29.9 Å². The largest absolute Gasteiger partial charge is 0.481 e. The topological polar surface area (TPSA) is 111 Å². The highest BCUT2D eigenvalue weighted by molar-refractivity contribution is 5.75. The van der Waals surface area contributed by atoms with E-state index in [0.717, 1.165) is 6.07 Å². The van der Waals surface area contributed by atoms with Gasteiger partial charge in [0.05, 0.1) is 29.6 Å². The smallest absolute Gasteiger partial charge is 0.417 e. The maximum absolute atomic E-state index is 13.7. The van der Waals surface area contributed by atoms with Gasteiger partial charge in [0.2, 0.25) is 17.7 Å². The van der Waals surface area contributed by atoms with Crippen LogP contribution >= 0.6 is 0 Å². The van der Waals surface area contributed by atoms with Gasteiger partial charge in [0, 0.05) is 18.4 Å². The Morgan fingerprint density at radius 2 is 1.83 bits per heavy atom. The standard InChI is InChI=1S/C25H19F3N4O4/c1-13-31-32-23(36-13)16-5-3-15(4-6-16)17-8-14(2-7-20(17)25(26,27)28)12-35-22-11-29-21(10-30-22)18-9-19(18)24(33)34/h2-8,10-11,18-19H,9,12H2,1H3,(H,33,34)/t18-,19-/m0/s1. The average Bonchev–Trinajstić information content (AvgIpc) is 3.56. The van der Waals surface area contributed by atoms with E-state index in [1.165, 1.54) is 24.5 Å². The quantitative estimate of drug-likeness (QED) is 0.368. The normalized spacial score (nSPS) is 17.1. The van der Waals surface area contributed by atoms with E-state index in [1.807, 2.05) is 0 Å². The van der Waals surface area contributed by atoms with E-state index in [0.29, 0.717) is 34.7 Å². The molecule has 11 heteroatoms. The van der Waals surface area contributed by atoms with Crippen molar-refractivity contribution in [2.75, 3.05) is 0 Å². The van der Waals surface area contributed by atoms with Gasteiger partial charge in [-0.05, 0) is 47.4 Å². The van der Waals surface area contributed by atoms with E-state index >= 15 is 0 Å². The van der Waals surface area contributed by atoms with Crippen LogP contribution in [0.25, 0.3) is 22.6 Å². The van der Waals surface area contributed by atoms with Crippen molar-refractivity contribution in [3.8, 4) is 28.5 Å². The van der Waals surface area contributed by atoms with Gasteiger partial charge < -0.3 is 14.3 Å². The Kier molecular flexibility index (Phi) is 5.91. The first-order chi connectivity index (χ1) is 17.2. The summed E-state index contributed by atoms with van der Waals surface area (Å²) < 4.78 is 52.2. The fourth-order valence-electron chi connectivity index (χ4n) is 3.92. The van der Waals surface area contributed by atoms with Gasteiger partial charge in [-0.3, -0.25) is 9.78 Å². The number of carboxylic acid groups (broad SMARTS) is 1. The van der Waals surface area contributed by atoms with Crippen molar-refractivity contribution in [3.63, 3.8) is 0 Å². The fourth-order valence-corrected chi connectivity index (χ4v) is 3.92. The van der Waals surface area contributed by atoms with E-state index in [9.17, 15) is 18.0 Å². The van der Waals surface area contributed by atoms with E-state index in [2.05, 4.69) is 20.2 Å². The second-order valence-electron chi connectivity index (χ2n) is 8.44. The van der Waals surface area contributed by atoms with Crippen molar-refractivity contribution < 1.29 is 32.2 Å². The molecule has 8 nitrogen and oxygen atoms in total. The molecule has 2 aromatic heterocycles. The second kappa shape index (κ2) is 9.06. The number of carbonyl (C=O) groups is 1. The summed E-state index contributed by atoms with van der Waals surface area (Å²) in [4.78, 5) is 19.4. The lowest BCUT2D eigenvalue weighted by Crippen LogP contribution is -2.08. The average molecular weight is 496 g/mol. The van der Waals surface area contributed by atoms with Crippen LogP contribution in [-0.2, 0) is 17.6 Å². The van der Waals surface area contributed by atoms with Crippen LogP contribution in [0.15, 0.2) is 59.3 Å². The number of ether oxygens (including phenoxy) is 1. The molecule has 0 unspecified atom stereocenters. The molecule has 0 bridgehead atoms. The summed E-state index contributed by atoms with van der Waals surface area (Å²) in [6.07, 6.45) is -1.17. The van der Waals surface area contributed by atoms with Crippen molar-refractivity contribution >= 4 is 5.97 Å². The maximum Gasteiger partial charge on any atom is 0.417 e. The number of aliphatic carboxylic acids is 1. The number of halogens is 3. The lowest BCUT2D eigenvalue weighted by Gasteiger charge is -2.15. The lowest BCUT2D eigenvalue weighted by molar-refractivity contribution is -0.139. The molecule has 1 fully saturated rings. The third kappa shape index (κ3) is 4.90. The number of hydrogen-bond acceptors (Lipinski definition) is 7. The Morgan fingerprint density at radius 1 is 1.08 bits per heavy atom. The molecule has 1 aliphatic rings.